The van der Waals surface area contributed by atoms with Gasteiger partial charge in [0.05, 0.1) is 22.3 Å². The van der Waals surface area contributed by atoms with Gasteiger partial charge in [-0.05, 0) is 30.7 Å². The minimum atomic E-state index is -3.51. The number of nitriles is 1. The Balaban J connectivity index is 2.71. The first-order valence-corrected chi connectivity index (χ1v) is 9.31. The third-order valence-corrected chi connectivity index (χ3v) is 6.35. The molecule has 1 aromatic rings. The molecule has 1 rings (SSSR count). The summed E-state index contributed by atoms with van der Waals surface area (Å²) in [5.41, 5.74) is 5.74. The second-order valence-electron chi connectivity index (χ2n) is 4.61. The summed E-state index contributed by atoms with van der Waals surface area (Å²) in [4.78, 5) is 0.0976. The van der Waals surface area contributed by atoms with E-state index in [1.165, 1.54) is 18.2 Å². The molecule has 0 saturated carbocycles. The van der Waals surface area contributed by atoms with Crippen molar-refractivity contribution in [3.05, 3.63) is 29.8 Å². The van der Waals surface area contributed by atoms with Gasteiger partial charge in [0.1, 0.15) is 0 Å². The molecular weight excluding hydrogens is 296 g/mol. The molecule has 0 aromatic heterocycles. The van der Waals surface area contributed by atoms with Crippen LogP contribution in [0.1, 0.15) is 12.5 Å². The first kappa shape index (κ1) is 16.8. The van der Waals surface area contributed by atoms with Gasteiger partial charge >= 0.3 is 0 Å². The monoisotopic (exact) mass is 314 g/mol. The fraction of sp³-hybridized carbons (Fsp3) is 0.462. The Morgan fingerprint density at radius 1 is 1.45 bits per heavy atom. The van der Waals surface area contributed by atoms with Gasteiger partial charge in [-0.2, -0.15) is 5.26 Å². The first-order chi connectivity index (χ1) is 9.39. The van der Waals surface area contributed by atoms with E-state index in [9.17, 15) is 12.6 Å². The number of rotatable bonds is 7. The number of sulfone groups is 1. The van der Waals surface area contributed by atoms with Crippen LogP contribution in [0.5, 0.6) is 0 Å². The van der Waals surface area contributed by atoms with Crippen LogP contribution in [0, 0.1) is 17.2 Å². The van der Waals surface area contributed by atoms with Gasteiger partial charge in [-0.15, -0.1) is 0 Å². The summed E-state index contributed by atoms with van der Waals surface area (Å²) in [6.45, 7) is 2.31. The molecule has 0 radical (unpaired) electrons. The standard InChI is InChI=1S/C13H18N2O3S2/c1-11(8-14)10-19(16)5-6-20(17,18)13-4-2-3-12(7-13)9-15/h2-4,7,11H,5-6,8,10,14H2,1H3. The zero-order valence-electron chi connectivity index (χ0n) is 11.3. The topological polar surface area (TPSA) is 101 Å². The second kappa shape index (κ2) is 7.53. The Morgan fingerprint density at radius 3 is 2.75 bits per heavy atom. The van der Waals surface area contributed by atoms with Crippen molar-refractivity contribution in [3.63, 3.8) is 0 Å². The van der Waals surface area contributed by atoms with Crippen molar-refractivity contribution in [3.8, 4) is 6.07 Å². The Morgan fingerprint density at radius 2 is 2.15 bits per heavy atom. The van der Waals surface area contributed by atoms with Crippen LogP contribution in [0.25, 0.3) is 0 Å². The van der Waals surface area contributed by atoms with E-state index in [1.807, 2.05) is 13.0 Å². The van der Waals surface area contributed by atoms with E-state index in [-0.39, 0.29) is 22.3 Å². The lowest BCUT2D eigenvalue weighted by Crippen LogP contribution is -2.22. The van der Waals surface area contributed by atoms with Gasteiger partial charge in [0, 0.05) is 22.3 Å². The largest absolute Gasteiger partial charge is 0.330 e. The molecule has 110 valence electrons. The maximum absolute atomic E-state index is 12.1. The van der Waals surface area contributed by atoms with Crippen molar-refractivity contribution in [2.75, 3.05) is 23.8 Å². The smallest absolute Gasteiger partial charge is 0.179 e. The highest BCUT2D eigenvalue weighted by Gasteiger charge is 2.17. The third-order valence-electron chi connectivity index (χ3n) is 2.77. The van der Waals surface area contributed by atoms with Crippen molar-refractivity contribution in [1.82, 2.24) is 0 Å². The van der Waals surface area contributed by atoms with Crippen LogP contribution in [0.4, 0.5) is 0 Å². The Hall–Kier alpha value is -1.23. The number of hydrogen-bond acceptors (Lipinski definition) is 5. The summed E-state index contributed by atoms with van der Waals surface area (Å²) in [6, 6.07) is 7.75. The molecule has 0 spiro atoms. The van der Waals surface area contributed by atoms with Gasteiger partial charge in [-0.25, -0.2) is 8.42 Å². The van der Waals surface area contributed by atoms with E-state index in [2.05, 4.69) is 0 Å². The van der Waals surface area contributed by atoms with E-state index < -0.39 is 20.6 Å². The molecule has 7 heteroatoms. The summed E-state index contributed by atoms with van der Waals surface area (Å²) >= 11 is 0. The van der Waals surface area contributed by atoms with Gasteiger partial charge in [-0.1, -0.05) is 13.0 Å². The number of benzene rings is 1. The molecule has 2 N–H and O–H groups in total. The predicted molar refractivity (Wildman–Crippen MR) is 79.3 cm³/mol. The van der Waals surface area contributed by atoms with Crippen molar-refractivity contribution in [2.45, 2.75) is 11.8 Å². The van der Waals surface area contributed by atoms with Crippen molar-refractivity contribution >= 4 is 20.6 Å². The summed E-state index contributed by atoms with van der Waals surface area (Å²) in [5, 5.41) is 8.77. The second-order valence-corrected chi connectivity index (χ2v) is 8.34. The number of hydrogen-bond donors (Lipinski definition) is 1. The molecule has 0 bridgehead atoms. The lowest BCUT2D eigenvalue weighted by Gasteiger charge is -2.08. The predicted octanol–water partition coefficient (Wildman–Crippen LogP) is 0.675. The molecule has 0 fully saturated rings. The molecule has 0 aliphatic rings. The van der Waals surface area contributed by atoms with E-state index in [0.717, 1.165) is 0 Å². The van der Waals surface area contributed by atoms with E-state index in [1.54, 1.807) is 6.07 Å². The van der Waals surface area contributed by atoms with Gasteiger partial charge in [0.15, 0.2) is 9.84 Å². The SMILES string of the molecule is CC(CN)CS(=O)CCS(=O)(=O)c1cccc(C#N)c1. The van der Waals surface area contributed by atoms with E-state index in [0.29, 0.717) is 17.9 Å². The lowest BCUT2D eigenvalue weighted by molar-refractivity contribution is 0.596. The highest BCUT2D eigenvalue weighted by molar-refractivity contribution is 7.93. The quantitative estimate of drug-likeness (QED) is 0.797. The maximum atomic E-state index is 12.1. The molecule has 0 saturated heterocycles. The van der Waals surface area contributed by atoms with Gasteiger partial charge in [0.25, 0.3) is 0 Å². The fourth-order valence-electron chi connectivity index (χ4n) is 1.55. The Bertz CT molecular complexity index is 621. The molecule has 0 aliphatic heterocycles. The summed E-state index contributed by atoms with van der Waals surface area (Å²) in [7, 11) is -4.71. The van der Waals surface area contributed by atoms with E-state index >= 15 is 0 Å². The highest BCUT2D eigenvalue weighted by Crippen LogP contribution is 2.13. The van der Waals surface area contributed by atoms with Crippen LogP contribution in [0.15, 0.2) is 29.2 Å². The maximum Gasteiger partial charge on any atom is 0.179 e. The molecule has 0 heterocycles. The van der Waals surface area contributed by atoms with Crippen LogP contribution >= 0.6 is 0 Å². The van der Waals surface area contributed by atoms with Gasteiger partial charge in [-0.3, -0.25) is 4.21 Å². The number of nitrogens with two attached hydrogens (primary N) is 1. The van der Waals surface area contributed by atoms with Crippen molar-refractivity contribution in [1.29, 1.82) is 5.26 Å². The minimum absolute atomic E-state index is 0.0868. The molecule has 5 nitrogen and oxygen atoms in total. The number of nitrogens with zero attached hydrogens (tertiary/aromatic N) is 1. The summed E-state index contributed by atoms with van der Waals surface area (Å²) < 4.78 is 35.9. The zero-order valence-corrected chi connectivity index (χ0v) is 12.9. The highest BCUT2D eigenvalue weighted by atomic mass is 32.2. The lowest BCUT2D eigenvalue weighted by atomic mass is 10.2. The van der Waals surface area contributed by atoms with Crippen LogP contribution < -0.4 is 5.73 Å². The molecule has 2 unspecified atom stereocenters. The average Bonchev–Trinajstić information content (AvgIpc) is 2.45. The van der Waals surface area contributed by atoms with Crippen molar-refractivity contribution < 1.29 is 12.6 Å². The molecule has 0 amide bonds. The minimum Gasteiger partial charge on any atom is -0.330 e. The summed E-state index contributed by atoms with van der Waals surface area (Å²) in [5.74, 6) is 0.417. The van der Waals surface area contributed by atoms with Crippen molar-refractivity contribution in [2.24, 2.45) is 11.7 Å². The Labute approximate surface area is 122 Å². The van der Waals surface area contributed by atoms with E-state index in [4.69, 9.17) is 11.0 Å². The van der Waals surface area contributed by atoms with Crippen LogP contribution in [-0.2, 0) is 20.6 Å². The van der Waals surface area contributed by atoms with Crippen LogP contribution in [-0.4, -0.2) is 36.4 Å². The van der Waals surface area contributed by atoms with Crippen LogP contribution in [0.3, 0.4) is 0 Å². The summed E-state index contributed by atoms with van der Waals surface area (Å²) in [6.07, 6.45) is 0. The molecule has 0 aliphatic carbocycles. The fourth-order valence-corrected chi connectivity index (χ4v) is 4.94. The molecule has 2 atom stereocenters. The van der Waals surface area contributed by atoms with Gasteiger partial charge < -0.3 is 5.73 Å². The molecule has 1 aromatic carbocycles. The first-order valence-electron chi connectivity index (χ1n) is 6.17. The molecule has 20 heavy (non-hydrogen) atoms. The van der Waals surface area contributed by atoms with Gasteiger partial charge in [0.2, 0.25) is 0 Å². The normalized spacial score (nSPS) is 14.4. The van der Waals surface area contributed by atoms with Crippen LogP contribution in [0.2, 0.25) is 0 Å². The zero-order chi connectivity index (χ0) is 15.2. The Kier molecular flexibility index (Phi) is 6.33. The molecular formula is C13H18N2O3S2. The average molecular weight is 314 g/mol. The third kappa shape index (κ3) is 5.04.